The van der Waals surface area contributed by atoms with Crippen molar-refractivity contribution in [1.29, 1.82) is 0 Å². The number of benzene rings is 1. The number of carbonyl (C=O) groups excluding carboxylic acids is 1. The molecule has 0 radical (unpaired) electrons. The molecule has 0 unspecified atom stereocenters. The molecule has 0 aliphatic rings. The summed E-state index contributed by atoms with van der Waals surface area (Å²) in [6.45, 7) is 1.81. The van der Waals surface area contributed by atoms with Gasteiger partial charge in [-0.3, -0.25) is 19.1 Å². The second-order valence-electron chi connectivity index (χ2n) is 6.17. The molecule has 3 N–H and O–H groups in total. The van der Waals surface area contributed by atoms with E-state index < -0.39 is 28.9 Å². The van der Waals surface area contributed by atoms with Crippen LogP contribution in [-0.4, -0.2) is 22.5 Å². The minimum Gasteiger partial charge on any atom is -0.451 e. The van der Waals surface area contributed by atoms with E-state index in [2.05, 4.69) is 15.6 Å². The molecule has 3 aromatic rings. The van der Waals surface area contributed by atoms with Crippen molar-refractivity contribution >= 4 is 17.4 Å². The molecule has 11 heteroatoms. The fourth-order valence-corrected chi connectivity index (χ4v) is 2.87. The molecule has 2 heterocycles. The van der Waals surface area contributed by atoms with Gasteiger partial charge in [0.2, 0.25) is 0 Å². The molecule has 158 valence electrons. The number of rotatable bonds is 5. The van der Waals surface area contributed by atoms with Gasteiger partial charge in [0.05, 0.1) is 5.56 Å². The summed E-state index contributed by atoms with van der Waals surface area (Å²) in [4.78, 5) is 38.7. The fourth-order valence-electron chi connectivity index (χ4n) is 2.87. The van der Waals surface area contributed by atoms with Gasteiger partial charge in [-0.05, 0) is 31.2 Å². The first-order valence-corrected chi connectivity index (χ1v) is 8.79. The van der Waals surface area contributed by atoms with E-state index >= 15 is 0 Å². The van der Waals surface area contributed by atoms with E-state index in [1.54, 1.807) is 6.92 Å². The van der Waals surface area contributed by atoms with Gasteiger partial charge in [0.25, 0.3) is 11.5 Å². The third kappa shape index (κ3) is 4.00. The zero-order valence-electron chi connectivity index (χ0n) is 15.9. The summed E-state index contributed by atoms with van der Waals surface area (Å²) in [5.41, 5.74) is -2.17. The zero-order valence-corrected chi connectivity index (χ0v) is 15.9. The number of aromatic amines is 1. The number of hydrogen-bond acceptors (Lipinski definition) is 5. The highest BCUT2D eigenvalue weighted by Crippen LogP contribution is 2.32. The van der Waals surface area contributed by atoms with Crippen molar-refractivity contribution in [2.24, 2.45) is 0 Å². The SMILES string of the molecule is CCn1c(NC(=O)c2ccc(-c3cccc(C(F)(F)F)c3)o2)c(NC)c(=O)[nH]c1=O. The van der Waals surface area contributed by atoms with Crippen molar-refractivity contribution in [1.82, 2.24) is 9.55 Å². The predicted octanol–water partition coefficient (Wildman–Crippen LogP) is 3.13. The van der Waals surface area contributed by atoms with Gasteiger partial charge in [0.15, 0.2) is 5.76 Å². The number of anilines is 2. The van der Waals surface area contributed by atoms with Crippen LogP contribution in [0.5, 0.6) is 0 Å². The molecule has 30 heavy (non-hydrogen) atoms. The van der Waals surface area contributed by atoms with Crippen LogP contribution < -0.4 is 21.9 Å². The van der Waals surface area contributed by atoms with Crippen molar-refractivity contribution in [2.75, 3.05) is 17.7 Å². The van der Waals surface area contributed by atoms with Crippen LogP contribution in [0.1, 0.15) is 23.0 Å². The van der Waals surface area contributed by atoms with Crippen LogP contribution in [0, 0.1) is 0 Å². The number of alkyl halides is 3. The first-order chi connectivity index (χ1) is 14.2. The number of H-pyrrole nitrogens is 1. The second-order valence-corrected chi connectivity index (χ2v) is 6.17. The Morgan fingerprint density at radius 3 is 2.57 bits per heavy atom. The van der Waals surface area contributed by atoms with Gasteiger partial charge in [0.1, 0.15) is 17.3 Å². The summed E-state index contributed by atoms with van der Waals surface area (Å²) in [6, 6.07) is 7.12. The van der Waals surface area contributed by atoms with Gasteiger partial charge in [0, 0.05) is 19.2 Å². The highest BCUT2D eigenvalue weighted by molar-refractivity contribution is 6.03. The smallest absolute Gasteiger partial charge is 0.416 e. The number of hydrogen-bond donors (Lipinski definition) is 3. The first-order valence-electron chi connectivity index (χ1n) is 8.79. The maximum absolute atomic E-state index is 12.9. The third-order valence-electron chi connectivity index (χ3n) is 4.30. The molecular weight excluding hydrogens is 405 g/mol. The van der Waals surface area contributed by atoms with E-state index in [9.17, 15) is 27.6 Å². The number of amides is 1. The minimum atomic E-state index is -4.52. The highest BCUT2D eigenvalue weighted by Gasteiger charge is 2.30. The maximum Gasteiger partial charge on any atom is 0.416 e. The lowest BCUT2D eigenvalue weighted by Crippen LogP contribution is -2.34. The quantitative estimate of drug-likeness (QED) is 0.585. The monoisotopic (exact) mass is 422 g/mol. The lowest BCUT2D eigenvalue weighted by molar-refractivity contribution is -0.137. The average molecular weight is 422 g/mol. The Bertz CT molecular complexity index is 1170. The van der Waals surface area contributed by atoms with Crippen molar-refractivity contribution in [3.05, 3.63) is 68.6 Å². The summed E-state index contributed by atoms with van der Waals surface area (Å²) in [5, 5.41) is 5.07. The number of furan rings is 1. The molecule has 0 fully saturated rings. The zero-order chi connectivity index (χ0) is 22.1. The second kappa shape index (κ2) is 7.93. The van der Waals surface area contributed by atoms with E-state index in [-0.39, 0.29) is 35.1 Å². The molecule has 0 aliphatic heterocycles. The van der Waals surface area contributed by atoms with Crippen molar-refractivity contribution in [3.63, 3.8) is 0 Å². The van der Waals surface area contributed by atoms with E-state index in [1.165, 1.54) is 31.3 Å². The summed E-state index contributed by atoms with van der Waals surface area (Å²) in [5.74, 6) is -0.994. The van der Waals surface area contributed by atoms with Crippen LogP contribution in [-0.2, 0) is 12.7 Å². The first kappa shape index (κ1) is 21.0. The van der Waals surface area contributed by atoms with E-state index in [0.717, 1.165) is 16.7 Å². The van der Waals surface area contributed by atoms with Crippen LogP contribution in [0.25, 0.3) is 11.3 Å². The topological polar surface area (TPSA) is 109 Å². The highest BCUT2D eigenvalue weighted by atomic mass is 19.4. The molecular formula is C19H17F3N4O4. The van der Waals surface area contributed by atoms with Gasteiger partial charge in [-0.25, -0.2) is 4.79 Å². The summed E-state index contributed by atoms with van der Waals surface area (Å²) in [6.07, 6.45) is -4.52. The molecule has 3 rings (SSSR count). The summed E-state index contributed by atoms with van der Waals surface area (Å²) in [7, 11) is 1.45. The Hall–Kier alpha value is -3.76. The molecule has 0 bridgehead atoms. The number of aromatic nitrogens is 2. The Morgan fingerprint density at radius 2 is 1.93 bits per heavy atom. The number of nitrogens with zero attached hydrogens (tertiary/aromatic N) is 1. The summed E-state index contributed by atoms with van der Waals surface area (Å²) >= 11 is 0. The molecule has 0 saturated heterocycles. The third-order valence-corrected chi connectivity index (χ3v) is 4.30. The van der Waals surface area contributed by atoms with Crippen LogP contribution >= 0.6 is 0 Å². The Kier molecular flexibility index (Phi) is 5.54. The van der Waals surface area contributed by atoms with Gasteiger partial charge in [-0.1, -0.05) is 12.1 Å². The maximum atomic E-state index is 12.9. The summed E-state index contributed by atoms with van der Waals surface area (Å²) < 4.78 is 45.3. The Labute approximate surface area is 167 Å². The molecule has 1 aromatic carbocycles. The average Bonchev–Trinajstić information content (AvgIpc) is 3.18. The van der Waals surface area contributed by atoms with Crippen LogP contribution in [0.2, 0.25) is 0 Å². The van der Waals surface area contributed by atoms with Gasteiger partial charge < -0.3 is 15.1 Å². The van der Waals surface area contributed by atoms with Crippen molar-refractivity contribution < 1.29 is 22.4 Å². The Morgan fingerprint density at radius 1 is 1.20 bits per heavy atom. The van der Waals surface area contributed by atoms with Gasteiger partial charge >= 0.3 is 11.9 Å². The molecule has 8 nitrogen and oxygen atoms in total. The molecule has 2 aromatic heterocycles. The molecule has 0 atom stereocenters. The largest absolute Gasteiger partial charge is 0.451 e. The van der Waals surface area contributed by atoms with Crippen molar-refractivity contribution in [3.8, 4) is 11.3 Å². The van der Waals surface area contributed by atoms with Crippen molar-refractivity contribution in [2.45, 2.75) is 19.6 Å². The molecule has 0 aliphatic carbocycles. The molecule has 1 amide bonds. The minimum absolute atomic E-state index is 0.0329. The standard InChI is InChI=1S/C19H17F3N4O4/c1-3-26-15(14(23-2)17(28)25-18(26)29)24-16(27)13-8-7-12(30-13)10-5-4-6-11(9-10)19(20,21)22/h4-9,23H,3H2,1-2H3,(H,24,27)(H,25,28,29). The lowest BCUT2D eigenvalue weighted by atomic mass is 10.1. The van der Waals surface area contributed by atoms with Crippen LogP contribution in [0.3, 0.4) is 0 Å². The fraction of sp³-hybridized carbons (Fsp3) is 0.211. The lowest BCUT2D eigenvalue weighted by Gasteiger charge is -2.14. The molecule has 0 spiro atoms. The van der Waals surface area contributed by atoms with E-state index in [4.69, 9.17) is 4.42 Å². The van der Waals surface area contributed by atoms with E-state index in [1.807, 2.05) is 0 Å². The normalized spacial score (nSPS) is 11.4. The number of carbonyl (C=O) groups is 1. The number of nitrogens with one attached hydrogen (secondary N) is 3. The Balaban J connectivity index is 1.94. The molecule has 0 saturated carbocycles. The van der Waals surface area contributed by atoms with Gasteiger partial charge in [-0.2, -0.15) is 13.2 Å². The van der Waals surface area contributed by atoms with Crippen LogP contribution in [0.4, 0.5) is 24.7 Å². The predicted molar refractivity (Wildman–Crippen MR) is 104 cm³/mol. The van der Waals surface area contributed by atoms with Gasteiger partial charge in [-0.15, -0.1) is 0 Å². The van der Waals surface area contributed by atoms with E-state index in [0.29, 0.717) is 0 Å². The van der Waals surface area contributed by atoms with Crippen LogP contribution in [0.15, 0.2) is 50.4 Å². The number of halogens is 3.